The van der Waals surface area contributed by atoms with Crippen LogP contribution in [0.25, 0.3) is 0 Å². The van der Waals surface area contributed by atoms with Crippen molar-refractivity contribution in [2.45, 2.75) is 58.5 Å². The summed E-state index contributed by atoms with van der Waals surface area (Å²) in [4.78, 5) is 0. The van der Waals surface area contributed by atoms with E-state index in [1.165, 1.54) is 19.3 Å². The Balaban J connectivity index is 2.32. The van der Waals surface area contributed by atoms with Gasteiger partial charge in [-0.25, -0.2) is 0 Å². The third-order valence-corrected chi connectivity index (χ3v) is 84.1. The molecule has 0 saturated carbocycles. The molecule has 0 unspecified atom stereocenters. The second-order valence-corrected chi connectivity index (χ2v) is 58.3. The SMILES string of the molecule is C[Si](C)(C)[Zr]1([Si](C)(C)C)[C]2=C(C=CC2)CC2=[C]1CC=C2. The molecule has 0 aromatic rings. The standard InChI is InChI=1S/C11H10.2C3H9Si.Zr/c1-2-6-10(5-1)9-11-7-3-4-8-11;2*1-4(2)3;/h1,3,5,7H,2,4,9H2;2*1-3H3;. The van der Waals surface area contributed by atoms with Crippen LogP contribution in [0.5, 0.6) is 0 Å². The summed E-state index contributed by atoms with van der Waals surface area (Å²) in [5, 5.41) is -2.28. The van der Waals surface area contributed by atoms with E-state index in [1.807, 2.05) is 6.56 Å². The summed E-state index contributed by atoms with van der Waals surface area (Å²) in [6.45, 7) is 16.2. The van der Waals surface area contributed by atoms with Crippen molar-refractivity contribution in [3.05, 3.63) is 42.0 Å². The predicted octanol–water partition coefficient (Wildman–Crippen LogP) is 5.64. The van der Waals surface area contributed by atoms with Crippen molar-refractivity contribution in [2.75, 3.05) is 0 Å². The molecule has 0 aromatic heterocycles. The molecule has 0 saturated heterocycles. The molecular formula is C17H28Si2Zr. The van der Waals surface area contributed by atoms with Crippen molar-refractivity contribution in [2.24, 2.45) is 0 Å². The molecule has 0 aromatic carbocycles. The molecular weight excluding hydrogens is 352 g/mol. The molecule has 0 bridgehead atoms. The van der Waals surface area contributed by atoms with E-state index in [-0.39, 0.29) is 0 Å². The van der Waals surface area contributed by atoms with Crippen molar-refractivity contribution < 1.29 is 18.6 Å². The summed E-state index contributed by atoms with van der Waals surface area (Å²) >= 11 is -2.41. The van der Waals surface area contributed by atoms with Gasteiger partial charge in [0.05, 0.1) is 0 Å². The monoisotopic (exact) mass is 378 g/mol. The summed E-state index contributed by atoms with van der Waals surface area (Å²) in [6, 6.07) is 0. The van der Waals surface area contributed by atoms with Gasteiger partial charge < -0.3 is 0 Å². The number of hydrogen-bond donors (Lipinski definition) is 0. The molecule has 0 spiro atoms. The average Bonchev–Trinajstić information content (AvgIpc) is 2.88. The molecule has 20 heavy (non-hydrogen) atoms. The fourth-order valence-electron chi connectivity index (χ4n) is 5.54. The quantitative estimate of drug-likeness (QED) is 0.544. The molecule has 3 rings (SSSR count). The maximum atomic E-state index is 2.71. The zero-order chi connectivity index (χ0) is 14.8. The van der Waals surface area contributed by atoms with Gasteiger partial charge in [0.2, 0.25) is 0 Å². The average molecular weight is 380 g/mol. The first-order chi connectivity index (χ1) is 9.19. The van der Waals surface area contributed by atoms with Gasteiger partial charge in [-0.2, -0.15) is 0 Å². The molecule has 1 aliphatic heterocycles. The van der Waals surface area contributed by atoms with E-state index in [2.05, 4.69) is 63.6 Å². The van der Waals surface area contributed by atoms with Crippen molar-refractivity contribution in [3.8, 4) is 0 Å². The first kappa shape index (κ1) is 15.2. The fourth-order valence-corrected chi connectivity index (χ4v) is 107. The van der Waals surface area contributed by atoms with Gasteiger partial charge >= 0.3 is 130 Å². The minimum absolute atomic E-state index is 1.14. The van der Waals surface area contributed by atoms with Gasteiger partial charge in [0.25, 0.3) is 0 Å². The van der Waals surface area contributed by atoms with Crippen LogP contribution in [0.1, 0.15) is 19.3 Å². The number of hydrogen-bond acceptors (Lipinski definition) is 0. The summed E-state index contributed by atoms with van der Waals surface area (Å²) in [5.74, 6) is 0. The molecule has 0 N–H and O–H groups in total. The maximum absolute atomic E-state index is 2.71. The normalized spacial score (nSPS) is 24.5. The van der Waals surface area contributed by atoms with Gasteiger partial charge in [0, 0.05) is 0 Å². The van der Waals surface area contributed by atoms with Crippen molar-refractivity contribution >= 4 is 10.4 Å². The molecule has 0 nitrogen and oxygen atoms in total. The predicted molar refractivity (Wildman–Crippen MR) is 92.9 cm³/mol. The Bertz CT molecular complexity index is 525. The molecule has 0 amide bonds. The van der Waals surface area contributed by atoms with Crippen LogP contribution in [-0.4, -0.2) is 10.4 Å². The van der Waals surface area contributed by atoms with Gasteiger partial charge in [-0.15, -0.1) is 0 Å². The van der Waals surface area contributed by atoms with E-state index in [9.17, 15) is 0 Å². The molecule has 3 aliphatic rings. The van der Waals surface area contributed by atoms with Crippen LogP contribution in [0.15, 0.2) is 42.0 Å². The Morgan fingerprint density at radius 1 is 0.750 bits per heavy atom. The molecule has 0 atom stereocenters. The summed E-state index contributed by atoms with van der Waals surface area (Å²) in [7, 11) is 0. The zero-order valence-electron chi connectivity index (χ0n) is 13.9. The Morgan fingerprint density at radius 3 is 1.50 bits per heavy atom. The molecule has 2 aliphatic carbocycles. The third kappa shape index (κ3) is 1.85. The van der Waals surface area contributed by atoms with E-state index in [0.29, 0.717) is 0 Å². The van der Waals surface area contributed by atoms with Gasteiger partial charge in [-0.1, -0.05) is 0 Å². The second-order valence-electron chi connectivity index (χ2n) is 8.65. The van der Waals surface area contributed by atoms with Gasteiger partial charge in [0.15, 0.2) is 0 Å². The van der Waals surface area contributed by atoms with Gasteiger partial charge in [-0.3, -0.25) is 0 Å². The third-order valence-electron chi connectivity index (χ3n) is 5.59. The number of rotatable bonds is 2. The summed E-state index contributed by atoms with van der Waals surface area (Å²) < 4.78 is 4.08. The Labute approximate surface area is 129 Å². The van der Waals surface area contributed by atoms with Crippen LogP contribution in [0.3, 0.4) is 0 Å². The van der Waals surface area contributed by atoms with E-state index in [4.69, 9.17) is 0 Å². The van der Waals surface area contributed by atoms with E-state index >= 15 is 0 Å². The van der Waals surface area contributed by atoms with Crippen LogP contribution in [-0.2, 0) is 18.6 Å². The first-order valence-electron chi connectivity index (χ1n) is 7.97. The van der Waals surface area contributed by atoms with Crippen molar-refractivity contribution in [1.29, 1.82) is 0 Å². The molecule has 0 radical (unpaired) electrons. The second kappa shape index (κ2) is 4.63. The molecule has 3 heteroatoms. The van der Waals surface area contributed by atoms with Crippen molar-refractivity contribution in [3.63, 3.8) is 0 Å². The van der Waals surface area contributed by atoms with Crippen molar-refractivity contribution in [1.82, 2.24) is 0 Å². The Hall–Kier alpha value is 0.277. The molecule has 108 valence electrons. The van der Waals surface area contributed by atoms with Crippen LogP contribution >= 0.6 is 0 Å². The van der Waals surface area contributed by atoms with Gasteiger partial charge in [-0.05, 0) is 0 Å². The van der Waals surface area contributed by atoms with Crippen LogP contribution in [0.4, 0.5) is 0 Å². The molecule has 1 heterocycles. The van der Waals surface area contributed by atoms with Gasteiger partial charge in [0.1, 0.15) is 0 Å². The zero-order valence-corrected chi connectivity index (χ0v) is 18.4. The summed E-state index contributed by atoms with van der Waals surface area (Å²) in [6.07, 6.45) is 13.8. The Kier molecular flexibility index (Phi) is 3.52. The summed E-state index contributed by atoms with van der Waals surface area (Å²) in [5.41, 5.74) is 3.52. The number of allylic oxidation sites excluding steroid dienone is 8. The van der Waals surface area contributed by atoms with E-state index in [1.54, 1.807) is 11.1 Å². The van der Waals surface area contributed by atoms with Crippen LogP contribution < -0.4 is 0 Å². The van der Waals surface area contributed by atoms with Crippen LogP contribution in [0, 0.1) is 0 Å². The fraction of sp³-hybridized carbons (Fsp3) is 0.529. The Morgan fingerprint density at radius 2 is 1.15 bits per heavy atom. The first-order valence-corrected chi connectivity index (χ1v) is 24.8. The van der Waals surface area contributed by atoms with E-state index in [0.717, 1.165) is 0 Å². The minimum atomic E-state index is -2.41. The van der Waals surface area contributed by atoms with Crippen LogP contribution in [0.2, 0.25) is 39.3 Å². The topological polar surface area (TPSA) is 0 Å². The van der Waals surface area contributed by atoms with E-state index < -0.39 is 29.0 Å². The molecule has 0 fully saturated rings.